The third kappa shape index (κ3) is 3.38. The summed E-state index contributed by atoms with van der Waals surface area (Å²) in [5.74, 6) is 0.636. The maximum atomic E-state index is 12.7. The molecule has 23 heavy (non-hydrogen) atoms. The third-order valence-corrected chi connectivity index (χ3v) is 4.96. The van der Waals surface area contributed by atoms with Gasteiger partial charge >= 0.3 is 0 Å². The van der Waals surface area contributed by atoms with Gasteiger partial charge in [-0.2, -0.15) is 0 Å². The fourth-order valence-electron chi connectivity index (χ4n) is 3.40. The number of nitrogens with zero attached hydrogens (tertiary/aromatic N) is 1. The summed E-state index contributed by atoms with van der Waals surface area (Å²) in [6, 6.07) is 14.9. The standard InChI is InChI=1S/C19H25N3O/c1-13-18(14(2)21-20-13)10-11-22(3)19(23)17-9-8-15-6-4-5-7-16(15)12-17/h4-9,12-14,18,20-21H,10-11H2,1-3H3. The lowest BCUT2D eigenvalue weighted by Crippen LogP contribution is -2.32. The van der Waals surface area contributed by atoms with Gasteiger partial charge in [0.05, 0.1) is 0 Å². The maximum Gasteiger partial charge on any atom is 0.253 e. The van der Waals surface area contributed by atoms with Crippen LogP contribution in [0, 0.1) is 5.92 Å². The van der Waals surface area contributed by atoms with E-state index in [4.69, 9.17) is 0 Å². The van der Waals surface area contributed by atoms with Crippen molar-refractivity contribution >= 4 is 16.7 Å². The highest BCUT2D eigenvalue weighted by molar-refractivity contribution is 5.98. The Kier molecular flexibility index (Phi) is 4.64. The van der Waals surface area contributed by atoms with Crippen LogP contribution in [0.2, 0.25) is 0 Å². The Morgan fingerprint density at radius 2 is 1.70 bits per heavy atom. The zero-order valence-corrected chi connectivity index (χ0v) is 14.0. The van der Waals surface area contributed by atoms with Crippen LogP contribution in [0.4, 0.5) is 0 Å². The molecule has 0 radical (unpaired) electrons. The number of nitrogens with one attached hydrogen (secondary N) is 2. The molecule has 1 fully saturated rings. The quantitative estimate of drug-likeness (QED) is 0.912. The van der Waals surface area contributed by atoms with Gasteiger partial charge < -0.3 is 4.90 Å². The van der Waals surface area contributed by atoms with Crippen molar-refractivity contribution in [2.24, 2.45) is 5.92 Å². The number of rotatable bonds is 4. The van der Waals surface area contributed by atoms with Crippen LogP contribution in [-0.2, 0) is 0 Å². The van der Waals surface area contributed by atoms with Crippen LogP contribution in [0.3, 0.4) is 0 Å². The van der Waals surface area contributed by atoms with Crippen molar-refractivity contribution in [3.8, 4) is 0 Å². The van der Waals surface area contributed by atoms with Crippen LogP contribution in [0.5, 0.6) is 0 Å². The summed E-state index contributed by atoms with van der Waals surface area (Å²) in [5.41, 5.74) is 7.30. The predicted molar refractivity (Wildman–Crippen MR) is 94.2 cm³/mol. The molecule has 122 valence electrons. The molecule has 0 aromatic heterocycles. The van der Waals surface area contributed by atoms with E-state index in [1.807, 2.05) is 48.3 Å². The molecule has 1 heterocycles. The van der Waals surface area contributed by atoms with E-state index < -0.39 is 0 Å². The fraction of sp³-hybridized carbons (Fsp3) is 0.421. The molecule has 2 aromatic rings. The largest absolute Gasteiger partial charge is 0.342 e. The highest BCUT2D eigenvalue weighted by Crippen LogP contribution is 2.20. The lowest BCUT2D eigenvalue weighted by molar-refractivity contribution is 0.0785. The van der Waals surface area contributed by atoms with E-state index in [1.165, 1.54) is 0 Å². The Hall–Kier alpha value is -1.91. The van der Waals surface area contributed by atoms with E-state index in [2.05, 4.69) is 30.8 Å². The Bertz CT molecular complexity index is 690. The summed E-state index contributed by atoms with van der Waals surface area (Å²) in [6.45, 7) is 5.15. The minimum atomic E-state index is 0.0926. The van der Waals surface area contributed by atoms with Crippen LogP contribution >= 0.6 is 0 Å². The number of carbonyl (C=O) groups excluding carboxylic acids is 1. The predicted octanol–water partition coefficient (Wildman–Crippen LogP) is 2.80. The van der Waals surface area contributed by atoms with Crippen LogP contribution in [0.25, 0.3) is 10.8 Å². The lowest BCUT2D eigenvalue weighted by atomic mass is 9.93. The number of hydrazine groups is 1. The Labute approximate surface area is 137 Å². The first-order chi connectivity index (χ1) is 11.1. The van der Waals surface area contributed by atoms with Gasteiger partial charge in [0, 0.05) is 31.2 Å². The van der Waals surface area contributed by atoms with Crippen molar-refractivity contribution in [3.63, 3.8) is 0 Å². The van der Waals surface area contributed by atoms with Crippen molar-refractivity contribution < 1.29 is 4.79 Å². The summed E-state index contributed by atoms with van der Waals surface area (Å²) in [7, 11) is 1.89. The molecule has 0 bridgehead atoms. The smallest absolute Gasteiger partial charge is 0.253 e. The number of benzene rings is 2. The molecule has 0 aliphatic carbocycles. The van der Waals surface area contributed by atoms with Crippen LogP contribution < -0.4 is 10.9 Å². The first-order valence-electron chi connectivity index (χ1n) is 8.31. The fourth-order valence-corrected chi connectivity index (χ4v) is 3.40. The molecule has 0 spiro atoms. The van der Waals surface area contributed by atoms with Gasteiger partial charge in [0.15, 0.2) is 0 Å². The van der Waals surface area contributed by atoms with Gasteiger partial charge in [0.1, 0.15) is 0 Å². The second-order valence-corrected chi connectivity index (χ2v) is 6.61. The summed E-state index contributed by atoms with van der Waals surface area (Å²) < 4.78 is 0. The normalized spacial score (nSPS) is 24.0. The molecular formula is C19H25N3O. The number of fused-ring (bicyclic) bond motifs is 1. The van der Waals surface area contributed by atoms with E-state index in [0.717, 1.165) is 29.3 Å². The van der Waals surface area contributed by atoms with Crippen molar-refractivity contribution in [1.29, 1.82) is 0 Å². The number of hydrogen-bond donors (Lipinski definition) is 2. The van der Waals surface area contributed by atoms with Crippen LogP contribution in [0.15, 0.2) is 42.5 Å². The number of hydrogen-bond acceptors (Lipinski definition) is 3. The van der Waals surface area contributed by atoms with E-state index >= 15 is 0 Å². The van der Waals surface area contributed by atoms with Crippen molar-refractivity contribution in [1.82, 2.24) is 15.8 Å². The zero-order chi connectivity index (χ0) is 16.4. The highest BCUT2D eigenvalue weighted by atomic mass is 16.2. The van der Waals surface area contributed by atoms with E-state index in [9.17, 15) is 4.79 Å². The van der Waals surface area contributed by atoms with Gasteiger partial charge in [0.2, 0.25) is 0 Å². The average Bonchev–Trinajstić information content (AvgIpc) is 2.89. The van der Waals surface area contributed by atoms with Gasteiger partial charge in [0.25, 0.3) is 5.91 Å². The molecule has 1 aliphatic rings. The molecule has 1 amide bonds. The minimum absolute atomic E-state index is 0.0926. The third-order valence-electron chi connectivity index (χ3n) is 4.96. The van der Waals surface area contributed by atoms with Gasteiger partial charge in [-0.15, -0.1) is 0 Å². The SMILES string of the molecule is CC1NNC(C)C1CCN(C)C(=O)c1ccc2ccccc2c1. The summed E-state index contributed by atoms with van der Waals surface area (Å²) in [4.78, 5) is 14.5. The molecule has 1 aliphatic heterocycles. The molecule has 0 saturated carbocycles. The van der Waals surface area contributed by atoms with Gasteiger partial charge in [-0.25, -0.2) is 0 Å². The molecular weight excluding hydrogens is 286 g/mol. The summed E-state index contributed by atoms with van der Waals surface area (Å²) >= 11 is 0. The number of carbonyl (C=O) groups is 1. The minimum Gasteiger partial charge on any atom is -0.342 e. The Morgan fingerprint density at radius 1 is 1.04 bits per heavy atom. The molecule has 2 atom stereocenters. The highest BCUT2D eigenvalue weighted by Gasteiger charge is 2.29. The first-order valence-corrected chi connectivity index (χ1v) is 8.31. The first kappa shape index (κ1) is 16.0. The zero-order valence-electron chi connectivity index (χ0n) is 14.0. The summed E-state index contributed by atoms with van der Waals surface area (Å²) in [6.07, 6.45) is 0.998. The average molecular weight is 311 g/mol. The maximum absolute atomic E-state index is 12.7. The second kappa shape index (κ2) is 6.69. The van der Waals surface area contributed by atoms with E-state index in [1.54, 1.807) is 0 Å². The Morgan fingerprint density at radius 3 is 2.39 bits per heavy atom. The van der Waals surface area contributed by atoms with Crippen LogP contribution in [-0.4, -0.2) is 36.5 Å². The Balaban J connectivity index is 1.66. The number of amides is 1. The van der Waals surface area contributed by atoms with Crippen molar-refractivity contribution in [2.45, 2.75) is 32.4 Å². The van der Waals surface area contributed by atoms with Crippen molar-refractivity contribution in [2.75, 3.05) is 13.6 Å². The molecule has 1 saturated heterocycles. The van der Waals surface area contributed by atoms with Crippen LogP contribution in [0.1, 0.15) is 30.6 Å². The monoisotopic (exact) mass is 311 g/mol. The molecule has 2 unspecified atom stereocenters. The molecule has 4 heteroatoms. The van der Waals surface area contributed by atoms with Gasteiger partial charge in [-0.05, 0) is 49.1 Å². The topological polar surface area (TPSA) is 44.4 Å². The van der Waals surface area contributed by atoms with Crippen molar-refractivity contribution in [3.05, 3.63) is 48.0 Å². The summed E-state index contributed by atoms with van der Waals surface area (Å²) in [5, 5.41) is 2.27. The van der Waals surface area contributed by atoms with Gasteiger partial charge in [-0.3, -0.25) is 15.6 Å². The van der Waals surface area contributed by atoms with E-state index in [-0.39, 0.29) is 5.91 Å². The van der Waals surface area contributed by atoms with E-state index in [0.29, 0.717) is 18.0 Å². The lowest BCUT2D eigenvalue weighted by Gasteiger charge is -2.23. The molecule has 2 N–H and O–H groups in total. The second-order valence-electron chi connectivity index (χ2n) is 6.61. The van der Waals surface area contributed by atoms with Gasteiger partial charge in [-0.1, -0.05) is 30.3 Å². The molecule has 3 rings (SSSR count). The molecule has 4 nitrogen and oxygen atoms in total. The molecule has 2 aromatic carbocycles.